The Morgan fingerprint density at radius 3 is 2.96 bits per heavy atom. The van der Waals surface area contributed by atoms with E-state index in [4.69, 9.17) is 9.47 Å². The van der Waals surface area contributed by atoms with Crippen LogP contribution >= 0.6 is 0 Å². The highest BCUT2D eigenvalue weighted by Crippen LogP contribution is 2.42. The van der Waals surface area contributed by atoms with Crippen LogP contribution in [0.1, 0.15) is 37.7 Å². The Labute approximate surface area is 154 Å². The van der Waals surface area contributed by atoms with Crippen LogP contribution in [0.3, 0.4) is 0 Å². The number of nitrogens with zero attached hydrogens (tertiary/aromatic N) is 2. The van der Waals surface area contributed by atoms with E-state index in [0.29, 0.717) is 32.6 Å². The topological polar surface area (TPSA) is 71.9 Å². The van der Waals surface area contributed by atoms with Crippen molar-refractivity contribution >= 4 is 5.91 Å². The number of likely N-dealkylation sites (tertiary alicyclic amines) is 1. The summed E-state index contributed by atoms with van der Waals surface area (Å²) < 4.78 is 12.1. The predicted octanol–water partition coefficient (Wildman–Crippen LogP) is 1.77. The van der Waals surface area contributed by atoms with E-state index in [-0.39, 0.29) is 29.4 Å². The van der Waals surface area contributed by atoms with Crippen molar-refractivity contribution in [3.63, 3.8) is 0 Å². The molecule has 2 atom stereocenters. The number of fused-ring (bicyclic) bond motifs is 1. The van der Waals surface area contributed by atoms with Crippen LogP contribution in [0.2, 0.25) is 0 Å². The highest BCUT2D eigenvalue weighted by atomic mass is 16.5. The molecule has 0 unspecified atom stereocenters. The molecule has 0 bridgehead atoms. The van der Waals surface area contributed by atoms with E-state index in [1.807, 2.05) is 17.0 Å². The minimum atomic E-state index is -0.294. The van der Waals surface area contributed by atoms with E-state index in [9.17, 15) is 9.90 Å². The van der Waals surface area contributed by atoms with Crippen LogP contribution in [0.15, 0.2) is 24.5 Å². The van der Waals surface area contributed by atoms with Crippen molar-refractivity contribution in [2.45, 2.75) is 50.9 Å². The number of pyridine rings is 1. The van der Waals surface area contributed by atoms with Gasteiger partial charge in [-0.3, -0.25) is 9.78 Å². The second kappa shape index (κ2) is 7.62. The summed E-state index contributed by atoms with van der Waals surface area (Å²) in [6, 6.07) is 3.93. The highest BCUT2D eigenvalue weighted by Gasteiger charge is 2.48. The van der Waals surface area contributed by atoms with Gasteiger partial charge in [0.25, 0.3) is 0 Å². The first kappa shape index (κ1) is 17.9. The lowest BCUT2D eigenvalue weighted by molar-refractivity contribution is -0.171. The Hall–Kier alpha value is -1.50. The van der Waals surface area contributed by atoms with E-state index in [1.54, 1.807) is 12.4 Å². The molecule has 142 valence electrons. The number of piperidine rings is 1. The molecular weight excluding hydrogens is 332 g/mol. The predicted molar refractivity (Wildman–Crippen MR) is 95.2 cm³/mol. The maximum Gasteiger partial charge on any atom is 0.225 e. The van der Waals surface area contributed by atoms with Crippen molar-refractivity contribution in [3.8, 4) is 0 Å². The van der Waals surface area contributed by atoms with Gasteiger partial charge < -0.3 is 19.5 Å². The average Bonchev–Trinajstić information content (AvgIpc) is 2.65. The smallest absolute Gasteiger partial charge is 0.225 e. The van der Waals surface area contributed by atoms with Gasteiger partial charge in [-0.2, -0.15) is 0 Å². The lowest BCUT2D eigenvalue weighted by Crippen LogP contribution is -2.59. The van der Waals surface area contributed by atoms with Crippen LogP contribution in [0.4, 0.5) is 0 Å². The molecule has 1 aliphatic carbocycles. The number of rotatable bonds is 5. The van der Waals surface area contributed by atoms with Gasteiger partial charge in [0, 0.05) is 43.4 Å². The summed E-state index contributed by atoms with van der Waals surface area (Å²) >= 11 is 0. The first-order valence-electron chi connectivity index (χ1n) is 9.71. The fraction of sp³-hybridized carbons (Fsp3) is 0.700. The lowest BCUT2D eigenvalue weighted by atomic mass is 9.72. The molecule has 1 N–H and O–H groups in total. The van der Waals surface area contributed by atoms with Crippen molar-refractivity contribution in [2.75, 3.05) is 26.3 Å². The van der Waals surface area contributed by atoms with E-state index in [2.05, 4.69) is 4.98 Å². The Morgan fingerprint density at radius 1 is 1.38 bits per heavy atom. The van der Waals surface area contributed by atoms with Crippen molar-refractivity contribution in [1.29, 1.82) is 0 Å². The van der Waals surface area contributed by atoms with Gasteiger partial charge in [0.15, 0.2) is 0 Å². The van der Waals surface area contributed by atoms with Crippen LogP contribution in [0, 0.1) is 11.3 Å². The highest BCUT2D eigenvalue weighted by molar-refractivity contribution is 5.80. The second-order valence-electron chi connectivity index (χ2n) is 8.04. The largest absolute Gasteiger partial charge is 0.393 e. The Bertz CT molecular complexity index is 619. The molecule has 0 aromatic carbocycles. The fourth-order valence-corrected chi connectivity index (χ4v) is 4.59. The van der Waals surface area contributed by atoms with E-state index < -0.39 is 0 Å². The minimum absolute atomic E-state index is 0.000783. The van der Waals surface area contributed by atoms with E-state index >= 15 is 0 Å². The molecule has 26 heavy (non-hydrogen) atoms. The molecule has 0 spiro atoms. The first-order valence-corrected chi connectivity index (χ1v) is 9.71. The summed E-state index contributed by atoms with van der Waals surface area (Å²) in [5.74, 6) is 0.202. The maximum absolute atomic E-state index is 12.8. The molecule has 4 rings (SSSR count). The third-order valence-electron chi connectivity index (χ3n) is 6.17. The summed E-state index contributed by atoms with van der Waals surface area (Å²) in [5, 5.41) is 9.51. The third kappa shape index (κ3) is 3.63. The molecule has 1 aromatic heterocycles. The zero-order chi connectivity index (χ0) is 18.0. The second-order valence-corrected chi connectivity index (χ2v) is 8.04. The Balaban J connectivity index is 1.40. The number of carbonyl (C=O) groups is 1. The van der Waals surface area contributed by atoms with E-state index in [1.165, 1.54) is 0 Å². The van der Waals surface area contributed by atoms with Crippen molar-refractivity contribution in [2.24, 2.45) is 11.3 Å². The number of carbonyl (C=O) groups excluding carboxylic acids is 1. The van der Waals surface area contributed by atoms with Gasteiger partial charge in [-0.05, 0) is 49.8 Å². The number of amides is 1. The van der Waals surface area contributed by atoms with Gasteiger partial charge in [0.1, 0.15) is 0 Å². The summed E-state index contributed by atoms with van der Waals surface area (Å²) in [6.07, 6.45) is 7.57. The summed E-state index contributed by atoms with van der Waals surface area (Å²) in [7, 11) is 0. The molecule has 3 fully saturated rings. The van der Waals surface area contributed by atoms with Gasteiger partial charge >= 0.3 is 0 Å². The van der Waals surface area contributed by atoms with Crippen molar-refractivity contribution < 1.29 is 19.4 Å². The normalized spacial score (nSPS) is 34.0. The molecule has 1 saturated carbocycles. The van der Waals surface area contributed by atoms with Gasteiger partial charge in [-0.15, -0.1) is 0 Å². The minimum Gasteiger partial charge on any atom is -0.393 e. The van der Waals surface area contributed by atoms with E-state index in [0.717, 1.165) is 38.0 Å². The van der Waals surface area contributed by atoms with Crippen LogP contribution in [0.25, 0.3) is 0 Å². The molecular formula is C20H28N2O4. The molecule has 2 aliphatic heterocycles. The summed E-state index contributed by atoms with van der Waals surface area (Å²) in [5.41, 5.74) is 0.999. The summed E-state index contributed by atoms with van der Waals surface area (Å²) in [4.78, 5) is 18.8. The van der Waals surface area contributed by atoms with Crippen LogP contribution in [-0.2, 0) is 20.9 Å². The number of hydrogen-bond acceptors (Lipinski definition) is 5. The lowest BCUT2D eigenvalue weighted by Gasteiger charge is -2.51. The molecule has 6 heteroatoms. The van der Waals surface area contributed by atoms with Gasteiger partial charge in [0.05, 0.1) is 25.4 Å². The van der Waals surface area contributed by atoms with Gasteiger partial charge in [-0.1, -0.05) is 0 Å². The molecule has 3 heterocycles. The molecule has 2 saturated heterocycles. The van der Waals surface area contributed by atoms with Crippen LogP contribution in [-0.4, -0.2) is 59.4 Å². The van der Waals surface area contributed by atoms with Crippen LogP contribution in [0.5, 0.6) is 0 Å². The van der Waals surface area contributed by atoms with Gasteiger partial charge in [0.2, 0.25) is 5.91 Å². The number of hydrogen-bond donors (Lipinski definition) is 1. The number of ether oxygens (including phenoxy) is 2. The number of aromatic nitrogens is 1. The molecule has 1 aromatic rings. The summed E-state index contributed by atoms with van der Waals surface area (Å²) in [6.45, 7) is 3.43. The fourth-order valence-electron chi connectivity index (χ4n) is 4.59. The molecule has 3 aliphatic rings. The zero-order valence-corrected chi connectivity index (χ0v) is 15.2. The quantitative estimate of drug-likeness (QED) is 0.866. The van der Waals surface area contributed by atoms with Crippen molar-refractivity contribution in [3.05, 3.63) is 30.1 Å². The molecule has 1 amide bonds. The third-order valence-corrected chi connectivity index (χ3v) is 6.17. The Morgan fingerprint density at radius 2 is 2.19 bits per heavy atom. The maximum atomic E-state index is 12.8. The van der Waals surface area contributed by atoms with Gasteiger partial charge in [-0.25, -0.2) is 0 Å². The zero-order valence-electron chi connectivity index (χ0n) is 15.2. The SMILES string of the molecule is O=C(C1CC(O)C1)N1CC[C@H]2OCCC[C@@]2(COCc2ccncc2)C1. The average molecular weight is 360 g/mol. The standard InChI is InChI=1S/C20H28N2O4/c23-17-10-16(11-17)19(24)22-8-4-18-20(13-22,5-1-9-26-18)14-25-12-15-2-6-21-7-3-15/h2-3,6-7,16-18,23H,1,4-5,8-14H2/t16?,17?,18-,20+/m1/s1. The first-order chi connectivity index (χ1) is 12.7. The van der Waals surface area contributed by atoms with Crippen LogP contribution < -0.4 is 0 Å². The number of aliphatic hydroxyl groups excluding tert-OH is 1. The monoisotopic (exact) mass is 360 g/mol. The van der Waals surface area contributed by atoms with Crippen molar-refractivity contribution in [1.82, 2.24) is 9.88 Å². The Kier molecular flexibility index (Phi) is 5.25. The molecule has 0 radical (unpaired) electrons. The number of aliphatic hydroxyl groups is 1. The molecule has 6 nitrogen and oxygen atoms in total.